The molecular formula is C15H26N4O2S. The van der Waals surface area contributed by atoms with Gasteiger partial charge in [-0.15, -0.1) is 5.10 Å². The van der Waals surface area contributed by atoms with Gasteiger partial charge in [-0.3, -0.25) is 9.36 Å². The van der Waals surface area contributed by atoms with Crippen molar-refractivity contribution < 1.29 is 4.79 Å². The van der Waals surface area contributed by atoms with E-state index in [2.05, 4.69) is 10.2 Å². The summed E-state index contributed by atoms with van der Waals surface area (Å²) in [7, 11) is 0. The number of carbonyl (C=O) groups excluding carboxylic acids is 1. The zero-order valence-corrected chi connectivity index (χ0v) is 14.3. The van der Waals surface area contributed by atoms with Gasteiger partial charge < -0.3 is 4.90 Å². The molecule has 1 aromatic rings. The van der Waals surface area contributed by atoms with Crippen LogP contribution < -0.4 is 5.69 Å². The largest absolute Gasteiger partial charge is 0.343 e. The minimum Gasteiger partial charge on any atom is -0.339 e. The Hall–Kier alpha value is -1.24. The number of H-pyrrole nitrogens is 1. The van der Waals surface area contributed by atoms with Crippen LogP contribution in [0.4, 0.5) is 0 Å². The van der Waals surface area contributed by atoms with Crippen LogP contribution in [0.15, 0.2) is 9.95 Å². The Kier molecular flexibility index (Phi) is 6.54. The Balaban J connectivity index is 1.94. The van der Waals surface area contributed by atoms with E-state index in [0.29, 0.717) is 23.5 Å². The van der Waals surface area contributed by atoms with Crippen molar-refractivity contribution in [2.24, 2.45) is 0 Å². The fourth-order valence-electron chi connectivity index (χ4n) is 3.07. The Morgan fingerprint density at radius 1 is 1.36 bits per heavy atom. The number of carbonyl (C=O) groups is 1. The number of amides is 1. The molecule has 1 aliphatic carbocycles. The fourth-order valence-corrected chi connectivity index (χ4v) is 3.93. The first-order valence-corrected chi connectivity index (χ1v) is 9.23. The topological polar surface area (TPSA) is 71.0 Å². The molecule has 124 valence electrons. The van der Waals surface area contributed by atoms with Gasteiger partial charge in [0.1, 0.15) is 0 Å². The third-order valence-corrected chi connectivity index (χ3v) is 5.13. The number of aromatic amines is 1. The third-order valence-electron chi connectivity index (χ3n) is 4.17. The lowest BCUT2D eigenvalue weighted by atomic mass is 9.94. The summed E-state index contributed by atoms with van der Waals surface area (Å²) in [6, 6.07) is 0.392. The van der Waals surface area contributed by atoms with Gasteiger partial charge in [0.25, 0.3) is 0 Å². The van der Waals surface area contributed by atoms with Crippen molar-refractivity contribution >= 4 is 17.7 Å². The predicted octanol–water partition coefficient (Wildman–Crippen LogP) is 2.25. The number of thioether (sulfide) groups is 1. The van der Waals surface area contributed by atoms with Gasteiger partial charge in [0.05, 0.1) is 5.75 Å². The van der Waals surface area contributed by atoms with Crippen molar-refractivity contribution in [3.8, 4) is 0 Å². The molecule has 0 aromatic carbocycles. The summed E-state index contributed by atoms with van der Waals surface area (Å²) in [5.41, 5.74) is -0.198. The van der Waals surface area contributed by atoms with E-state index in [1.165, 1.54) is 31.0 Å². The second-order valence-electron chi connectivity index (χ2n) is 5.72. The highest BCUT2D eigenvalue weighted by atomic mass is 32.2. The molecule has 1 aliphatic rings. The van der Waals surface area contributed by atoms with Crippen molar-refractivity contribution in [1.82, 2.24) is 19.7 Å². The van der Waals surface area contributed by atoms with Crippen molar-refractivity contribution in [3.63, 3.8) is 0 Å². The average molecular weight is 326 g/mol. The molecule has 2 rings (SSSR count). The Morgan fingerprint density at radius 3 is 2.73 bits per heavy atom. The number of nitrogens with one attached hydrogen (secondary N) is 1. The summed E-state index contributed by atoms with van der Waals surface area (Å²) < 4.78 is 1.61. The summed E-state index contributed by atoms with van der Waals surface area (Å²) >= 11 is 1.35. The van der Waals surface area contributed by atoms with Crippen LogP contribution in [-0.4, -0.2) is 43.9 Å². The fraction of sp³-hybridized carbons (Fsp3) is 0.800. The lowest BCUT2D eigenvalue weighted by molar-refractivity contribution is -0.131. The van der Waals surface area contributed by atoms with Crippen molar-refractivity contribution in [3.05, 3.63) is 10.5 Å². The van der Waals surface area contributed by atoms with Gasteiger partial charge in [-0.25, -0.2) is 9.89 Å². The van der Waals surface area contributed by atoms with Crippen molar-refractivity contribution in [1.29, 1.82) is 0 Å². The molecule has 0 bridgehead atoms. The molecule has 0 aliphatic heterocycles. The van der Waals surface area contributed by atoms with E-state index in [1.54, 1.807) is 4.57 Å². The molecule has 7 heteroatoms. The highest BCUT2D eigenvalue weighted by Crippen LogP contribution is 2.24. The second kappa shape index (κ2) is 8.41. The minimum atomic E-state index is -0.198. The maximum Gasteiger partial charge on any atom is 0.343 e. The zero-order chi connectivity index (χ0) is 15.9. The predicted molar refractivity (Wildman–Crippen MR) is 88.1 cm³/mol. The average Bonchev–Trinajstić information content (AvgIpc) is 2.88. The molecule has 1 saturated carbocycles. The quantitative estimate of drug-likeness (QED) is 0.780. The van der Waals surface area contributed by atoms with Crippen LogP contribution >= 0.6 is 11.8 Å². The molecule has 22 heavy (non-hydrogen) atoms. The van der Waals surface area contributed by atoms with Crippen LogP contribution in [-0.2, 0) is 11.3 Å². The maximum atomic E-state index is 12.5. The van der Waals surface area contributed by atoms with Crippen molar-refractivity contribution in [2.75, 3.05) is 12.3 Å². The molecule has 1 amide bonds. The maximum absolute atomic E-state index is 12.5. The molecule has 1 aromatic heterocycles. The summed E-state index contributed by atoms with van der Waals surface area (Å²) in [4.78, 5) is 26.2. The SMILES string of the molecule is CCCn1c(SCC(=O)N(CC)C2CCCCC2)n[nH]c1=O. The van der Waals surface area contributed by atoms with E-state index in [9.17, 15) is 9.59 Å². The van der Waals surface area contributed by atoms with Crippen LogP contribution in [0.2, 0.25) is 0 Å². The molecule has 0 atom stereocenters. The second-order valence-corrected chi connectivity index (χ2v) is 6.67. The Bertz CT molecular complexity index is 534. The van der Waals surface area contributed by atoms with Gasteiger partial charge in [-0.05, 0) is 26.2 Å². The lowest BCUT2D eigenvalue weighted by Gasteiger charge is -2.33. The minimum absolute atomic E-state index is 0.151. The van der Waals surface area contributed by atoms with Crippen LogP contribution in [0.3, 0.4) is 0 Å². The zero-order valence-electron chi connectivity index (χ0n) is 13.5. The molecule has 1 N–H and O–H groups in total. The molecule has 0 spiro atoms. The molecular weight excluding hydrogens is 300 g/mol. The molecule has 0 radical (unpaired) electrons. The third kappa shape index (κ3) is 4.15. The smallest absolute Gasteiger partial charge is 0.339 e. The van der Waals surface area contributed by atoms with Crippen molar-refractivity contribution in [2.45, 2.75) is 70.1 Å². The molecule has 1 fully saturated rings. The van der Waals surface area contributed by atoms with Gasteiger partial charge >= 0.3 is 5.69 Å². The first kappa shape index (κ1) is 17.1. The van der Waals surface area contributed by atoms with E-state index < -0.39 is 0 Å². The molecule has 0 saturated heterocycles. The number of aromatic nitrogens is 3. The normalized spacial score (nSPS) is 15.9. The summed E-state index contributed by atoms with van der Waals surface area (Å²) in [6.45, 7) is 5.44. The van der Waals surface area contributed by atoms with Crippen LogP contribution in [0.5, 0.6) is 0 Å². The Labute approximate surface area is 135 Å². The van der Waals surface area contributed by atoms with Crippen LogP contribution in [0.1, 0.15) is 52.4 Å². The Morgan fingerprint density at radius 2 is 2.09 bits per heavy atom. The highest BCUT2D eigenvalue weighted by Gasteiger charge is 2.24. The summed E-state index contributed by atoms with van der Waals surface area (Å²) in [5, 5.41) is 7.10. The van der Waals surface area contributed by atoms with Gasteiger partial charge in [0.2, 0.25) is 5.91 Å². The lowest BCUT2D eigenvalue weighted by Crippen LogP contribution is -2.42. The van der Waals surface area contributed by atoms with Crippen LogP contribution in [0, 0.1) is 0 Å². The number of nitrogens with zero attached hydrogens (tertiary/aromatic N) is 3. The van der Waals surface area contributed by atoms with E-state index >= 15 is 0 Å². The van der Waals surface area contributed by atoms with E-state index in [0.717, 1.165) is 25.8 Å². The van der Waals surface area contributed by atoms with Gasteiger partial charge in [0, 0.05) is 19.1 Å². The first-order valence-electron chi connectivity index (χ1n) is 8.24. The number of rotatable bonds is 7. The van der Waals surface area contributed by atoms with Crippen LogP contribution in [0.25, 0.3) is 0 Å². The summed E-state index contributed by atoms with van der Waals surface area (Å²) in [6.07, 6.45) is 6.83. The van der Waals surface area contributed by atoms with E-state index in [4.69, 9.17) is 0 Å². The molecule has 6 nitrogen and oxygen atoms in total. The van der Waals surface area contributed by atoms with Gasteiger partial charge in [-0.1, -0.05) is 37.9 Å². The number of hydrogen-bond donors (Lipinski definition) is 1. The standard InChI is InChI=1S/C15H26N4O2S/c1-3-10-19-14(21)16-17-15(19)22-11-13(20)18(4-2)12-8-6-5-7-9-12/h12H,3-11H2,1-2H3,(H,16,21). The summed E-state index contributed by atoms with van der Waals surface area (Å²) in [5.74, 6) is 0.496. The van der Waals surface area contributed by atoms with Gasteiger partial charge in [0.15, 0.2) is 5.16 Å². The highest BCUT2D eigenvalue weighted by molar-refractivity contribution is 7.99. The van der Waals surface area contributed by atoms with E-state index in [1.807, 2.05) is 18.7 Å². The molecule has 1 heterocycles. The first-order chi connectivity index (χ1) is 10.7. The molecule has 0 unspecified atom stereocenters. The van der Waals surface area contributed by atoms with E-state index in [-0.39, 0.29) is 11.6 Å². The van der Waals surface area contributed by atoms with Gasteiger partial charge in [-0.2, -0.15) is 0 Å². The monoisotopic (exact) mass is 326 g/mol. The number of hydrogen-bond acceptors (Lipinski definition) is 4.